The van der Waals surface area contributed by atoms with Crippen molar-refractivity contribution >= 4 is 51.9 Å². The maximum Gasteiger partial charge on any atom is 0.408 e. The smallest absolute Gasteiger partial charge is 0.408 e. The Balaban J connectivity index is 1.93. The van der Waals surface area contributed by atoms with Crippen LogP contribution in [0.5, 0.6) is 0 Å². The number of aromatic nitrogens is 1. The number of thiazole rings is 1. The number of anilines is 2. The molecule has 13 heteroatoms. The van der Waals surface area contributed by atoms with Gasteiger partial charge in [0.1, 0.15) is 17.7 Å². The summed E-state index contributed by atoms with van der Waals surface area (Å²) in [4.78, 5) is 66.6. The summed E-state index contributed by atoms with van der Waals surface area (Å²) in [7, 11) is 0. The van der Waals surface area contributed by atoms with Crippen LogP contribution >= 0.6 is 11.3 Å². The average Bonchev–Trinajstić information content (AvgIpc) is 3.38. The van der Waals surface area contributed by atoms with Gasteiger partial charge in [-0.1, -0.05) is 49.4 Å². The van der Waals surface area contributed by atoms with E-state index in [0.717, 1.165) is 16.9 Å². The van der Waals surface area contributed by atoms with Crippen molar-refractivity contribution in [1.82, 2.24) is 15.6 Å². The molecule has 3 aromatic rings. The van der Waals surface area contributed by atoms with E-state index in [2.05, 4.69) is 26.3 Å². The van der Waals surface area contributed by atoms with Gasteiger partial charge < -0.3 is 31.1 Å². The summed E-state index contributed by atoms with van der Waals surface area (Å²) < 4.78 is 5.36. The van der Waals surface area contributed by atoms with Crippen molar-refractivity contribution < 1.29 is 33.8 Å². The van der Waals surface area contributed by atoms with Crippen molar-refractivity contribution in [2.24, 2.45) is 0 Å². The van der Waals surface area contributed by atoms with Gasteiger partial charge in [0, 0.05) is 23.9 Å². The lowest BCUT2D eigenvalue weighted by Crippen LogP contribution is -2.51. The minimum Gasteiger partial charge on any atom is -0.476 e. The maximum absolute atomic E-state index is 13.8. The molecule has 0 unspecified atom stereocenters. The van der Waals surface area contributed by atoms with E-state index < -0.39 is 47.5 Å². The highest BCUT2D eigenvalue weighted by atomic mass is 32.1. The first-order valence-corrected chi connectivity index (χ1v) is 13.8. The fourth-order valence-corrected chi connectivity index (χ4v) is 4.59. The molecule has 1 aromatic heterocycles. The molecule has 5 N–H and O–H groups in total. The minimum absolute atomic E-state index is 0.0499. The number of carbonyl (C=O) groups is 5. The van der Waals surface area contributed by atoms with Crippen LogP contribution in [0.15, 0.2) is 60.0 Å². The molecule has 4 amide bonds. The third-order valence-corrected chi connectivity index (χ3v) is 6.60. The van der Waals surface area contributed by atoms with E-state index in [-0.39, 0.29) is 16.7 Å². The number of hydrogen-bond acceptors (Lipinski definition) is 8. The van der Waals surface area contributed by atoms with Gasteiger partial charge in [-0.25, -0.2) is 14.6 Å². The topological polar surface area (TPSA) is 176 Å². The zero-order valence-electron chi connectivity index (χ0n) is 23.8. The molecule has 0 saturated heterocycles. The molecule has 3 atom stereocenters. The second-order valence-electron chi connectivity index (χ2n) is 10.4. The Kier molecular flexibility index (Phi) is 10.4. The van der Waals surface area contributed by atoms with Crippen LogP contribution in [-0.2, 0) is 19.1 Å². The monoisotopic (exact) mass is 595 g/mol. The van der Waals surface area contributed by atoms with Crippen LogP contribution < -0.4 is 21.3 Å². The second-order valence-corrected chi connectivity index (χ2v) is 11.3. The van der Waals surface area contributed by atoms with Crippen molar-refractivity contribution in [3.63, 3.8) is 0 Å². The largest absolute Gasteiger partial charge is 0.476 e. The first-order chi connectivity index (χ1) is 19.7. The Morgan fingerprint density at radius 1 is 0.881 bits per heavy atom. The summed E-state index contributed by atoms with van der Waals surface area (Å²) >= 11 is 0.932. The number of rotatable bonds is 10. The molecule has 2 aromatic carbocycles. The molecule has 0 saturated carbocycles. The van der Waals surface area contributed by atoms with Crippen LogP contribution in [0.25, 0.3) is 0 Å². The van der Waals surface area contributed by atoms with E-state index in [1.807, 2.05) is 6.07 Å². The summed E-state index contributed by atoms with van der Waals surface area (Å²) in [6.45, 7) is 8.16. The quantitative estimate of drug-likeness (QED) is 0.231. The molecular weight excluding hydrogens is 562 g/mol. The predicted octanol–water partition coefficient (Wildman–Crippen LogP) is 4.29. The molecule has 0 fully saturated rings. The lowest BCUT2D eigenvalue weighted by Gasteiger charge is -2.28. The van der Waals surface area contributed by atoms with Crippen molar-refractivity contribution in [3.8, 4) is 0 Å². The highest BCUT2D eigenvalue weighted by molar-refractivity contribution is 7.14. The number of hydrogen-bond donors (Lipinski definition) is 5. The van der Waals surface area contributed by atoms with E-state index in [1.165, 1.54) is 12.3 Å². The predicted molar refractivity (Wildman–Crippen MR) is 157 cm³/mol. The number of alkyl carbamates (subject to hydrolysis) is 1. The normalized spacial score (nSPS) is 13.2. The third-order valence-electron chi connectivity index (χ3n) is 5.85. The van der Waals surface area contributed by atoms with Crippen LogP contribution in [0.3, 0.4) is 0 Å². The Morgan fingerprint density at radius 3 is 2.07 bits per heavy atom. The summed E-state index contributed by atoms with van der Waals surface area (Å²) in [5.41, 5.74) is 0.537. The molecule has 1 heterocycles. The Morgan fingerprint density at radius 2 is 1.52 bits per heavy atom. The number of benzene rings is 2. The van der Waals surface area contributed by atoms with Gasteiger partial charge in [0.05, 0.1) is 0 Å². The summed E-state index contributed by atoms with van der Waals surface area (Å²) in [5.74, 6) is -3.40. The number of nitrogens with zero attached hydrogens (tertiary/aromatic N) is 1. The summed E-state index contributed by atoms with van der Waals surface area (Å²) in [6.07, 6.45) is -0.852. The lowest BCUT2D eigenvalue weighted by atomic mass is 9.92. The highest BCUT2D eigenvalue weighted by Gasteiger charge is 2.33. The average molecular weight is 596 g/mol. The number of carbonyl (C=O) groups excluding carboxylic acids is 4. The van der Waals surface area contributed by atoms with Gasteiger partial charge in [-0.3, -0.25) is 14.4 Å². The number of aromatic carboxylic acids is 1. The number of carboxylic acid groups (broad SMARTS) is 1. The van der Waals surface area contributed by atoms with E-state index in [1.54, 1.807) is 76.2 Å². The second kappa shape index (κ2) is 13.7. The number of carboxylic acids is 1. The van der Waals surface area contributed by atoms with Gasteiger partial charge in [-0.05, 0) is 44.0 Å². The lowest BCUT2D eigenvalue weighted by molar-refractivity contribution is -0.128. The van der Waals surface area contributed by atoms with Gasteiger partial charge >= 0.3 is 12.1 Å². The van der Waals surface area contributed by atoms with Crippen molar-refractivity contribution in [2.75, 3.05) is 10.6 Å². The van der Waals surface area contributed by atoms with Crippen LogP contribution in [-0.4, -0.2) is 51.5 Å². The van der Waals surface area contributed by atoms with Gasteiger partial charge in [-0.2, -0.15) is 0 Å². The van der Waals surface area contributed by atoms with Crippen LogP contribution in [0.1, 0.15) is 68.2 Å². The number of nitrogens with one attached hydrogen (secondary N) is 4. The molecular formula is C29H33N5O7S. The standard InChI is InChI=1S/C29H33N5O7S/c1-16(18-9-7-6-8-10-18)22(24(36)34-27-31-21(15-42-27)26(38)39)32-25(37)23(33-28(40)41-29(3,4)5)19-11-13-20(14-12-19)30-17(2)35/h6-16,22-23H,1-5H3,(H,30,35)(H,32,37)(H,33,40)(H,38,39)(H,31,34,36)/t16-,22-,23+/m0/s1. The SMILES string of the molecule is CC(=O)Nc1ccc([C@@H](NC(=O)OC(C)(C)C)C(=O)N[C@H](C(=O)Nc2nc(C(=O)O)cs2)[C@@H](C)c2ccccc2)cc1. The van der Waals surface area contributed by atoms with Crippen molar-refractivity contribution in [3.05, 3.63) is 76.8 Å². The molecule has 0 bridgehead atoms. The molecule has 12 nitrogen and oxygen atoms in total. The molecule has 222 valence electrons. The van der Waals surface area contributed by atoms with Gasteiger partial charge in [0.25, 0.3) is 0 Å². The Bertz CT molecular complexity index is 1430. The van der Waals surface area contributed by atoms with Crippen LogP contribution in [0.4, 0.5) is 15.6 Å². The van der Waals surface area contributed by atoms with E-state index >= 15 is 0 Å². The Labute approximate surface area is 246 Å². The molecule has 0 aliphatic heterocycles. The molecule has 0 aliphatic carbocycles. The third kappa shape index (κ3) is 9.13. The van der Waals surface area contributed by atoms with Crippen molar-refractivity contribution in [1.29, 1.82) is 0 Å². The molecule has 0 radical (unpaired) electrons. The molecule has 0 aliphatic rings. The number of ether oxygens (including phenoxy) is 1. The molecule has 0 spiro atoms. The van der Waals surface area contributed by atoms with Crippen molar-refractivity contribution in [2.45, 2.75) is 58.2 Å². The Hall–Kier alpha value is -4.78. The van der Waals surface area contributed by atoms with Gasteiger partial charge in [0.15, 0.2) is 10.8 Å². The molecule has 42 heavy (non-hydrogen) atoms. The van der Waals surface area contributed by atoms with E-state index in [9.17, 15) is 29.1 Å². The highest BCUT2D eigenvalue weighted by Crippen LogP contribution is 2.24. The van der Waals surface area contributed by atoms with Gasteiger partial charge in [0.2, 0.25) is 17.7 Å². The zero-order chi connectivity index (χ0) is 31.0. The first-order valence-electron chi connectivity index (χ1n) is 13.0. The summed E-state index contributed by atoms with van der Waals surface area (Å²) in [5, 5.41) is 21.1. The van der Waals surface area contributed by atoms with Crippen LogP contribution in [0.2, 0.25) is 0 Å². The molecule has 3 rings (SSSR count). The maximum atomic E-state index is 13.8. The zero-order valence-corrected chi connectivity index (χ0v) is 24.6. The fourth-order valence-electron chi connectivity index (χ4n) is 3.90. The number of amides is 4. The van der Waals surface area contributed by atoms with E-state index in [0.29, 0.717) is 11.3 Å². The summed E-state index contributed by atoms with van der Waals surface area (Å²) in [6, 6.07) is 12.9. The van der Waals surface area contributed by atoms with E-state index in [4.69, 9.17) is 4.74 Å². The fraction of sp³-hybridized carbons (Fsp3) is 0.310. The minimum atomic E-state index is -1.28. The van der Waals surface area contributed by atoms with Gasteiger partial charge in [-0.15, -0.1) is 11.3 Å². The van der Waals surface area contributed by atoms with Crippen LogP contribution in [0, 0.1) is 0 Å². The first kappa shape index (κ1) is 31.7.